The molecule has 1 amide bonds. The highest BCUT2D eigenvalue weighted by molar-refractivity contribution is 6.03. The SMILES string of the molecule is C=CCOC12Oc3ccc(Oc4cccc([N+](=O)[O-])c4)cc3C3C(CCCCO)C(CCCCO)C=C(C(=NOC4CCCCO4)CC1N(CCOCCO)C(=O)OCCOCc1ccccc1)C32. The molecule has 2 fully saturated rings. The van der Waals surface area contributed by atoms with Gasteiger partial charge in [-0.05, 0) is 85.8 Å². The fourth-order valence-electron chi connectivity index (χ4n) is 10.2. The van der Waals surface area contributed by atoms with Gasteiger partial charge in [-0.25, -0.2) is 4.79 Å². The Morgan fingerprint density at radius 3 is 2.48 bits per heavy atom. The van der Waals surface area contributed by atoms with Crippen molar-refractivity contribution in [1.29, 1.82) is 0 Å². The van der Waals surface area contributed by atoms with Gasteiger partial charge in [0.15, 0.2) is 0 Å². The number of unbranched alkanes of at least 4 members (excludes halogenated alkanes) is 2. The Morgan fingerprint density at radius 2 is 1.72 bits per heavy atom. The maximum absolute atomic E-state index is 14.8. The van der Waals surface area contributed by atoms with Gasteiger partial charge < -0.3 is 53.3 Å². The van der Waals surface area contributed by atoms with Gasteiger partial charge in [0.25, 0.3) is 5.69 Å². The van der Waals surface area contributed by atoms with Crippen LogP contribution in [0.2, 0.25) is 0 Å². The van der Waals surface area contributed by atoms with Crippen LogP contribution in [0.1, 0.15) is 81.3 Å². The van der Waals surface area contributed by atoms with E-state index in [1.54, 1.807) is 29.2 Å². The normalized spacial score (nSPS) is 24.3. The number of hydrogen-bond donors (Lipinski definition) is 3. The Morgan fingerprint density at radius 1 is 0.913 bits per heavy atom. The van der Waals surface area contributed by atoms with Crippen LogP contribution in [0.4, 0.5) is 10.5 Å². The van der Waals surface area contributed by atoms with E-state index in [9.17, 15) is 30.2 Å². The van der Waals surface area contributed by atoms with E-state index in [0.29, 0.717) is 62.5 Å². The molecular weight excluding hydrogens is 891 g/mol. The largest absolute Gasteiger partial charge is 0.459 e. The number of carbonyl (C=O) groups excluding carboxylic acids is 1. The second-order valence-corrected chi connectivity index (χ2v) is 17.7. The predicted molar refractivity (Wildman–Crippen MR) is 255 cm³/mol. The highest BCUT2D eigenvalue weighted by atomic mass is 16.8. The molecule has 2 heterocycles. The number of aliphatic hydroxyl groups excluding tert-OH is 3. The Labute approximate surface area is 403 Å². The molecule has 7 unspecified atom stereocenters. The zero-order valence-corrected chi connectivity index (χ0v) is 39.3. The monoisotopic (exact) mass is 957 g/mol. The number of fused-ring (bicyclic) bond motifs is 2. The van der Waals surface area contributed by atoms with Crippen LogP contribution >= 0.6 is 0 Å². The van der Waals surface area contributed by atoms with Crippen LogP contribution in [0.15, 0.2) is 102 Å². The molecule has 2 aliphatic heterocycles. The van der Waals surface area contributed by atoms with Crippen molar-refractivity contribution in [3.05, 3.63) is 118 Å². The molecule has 1 saturated heterocycles. The first-order valence-electron chi connectivity index (χ1n) is 24.3. The number of carbonyl (C=O) groups is 1. The predicted octanol–water partition coefficient (Wildman–Crippen LogP) is 8.21. The minimum absolute atomic E-state index is 0.0243. The van der Waals surface area contributed by atoms with E-state index in [2.05, 4.69) is 12.7 Å². The van der Waals surface area contributed by atoms with Crippen LogP contribution in [0.5, 0.6) is 17.2 Å². The summed E-state index contributed by atoms with van der Waals surface area (Å²) in [5.41, 5.74) is 3.09. The van der Waals surface area contributed by atoms with E-state index in [4.69, 9.17) is 43.2 Å². The number of nitro benzene ring substituents is 1. The molecule has 4 aliphatic rings. The van der Waals surface area contributed by atoms with E-state index < -0.39 is 35.1 Å². The summed E-state index contributed by atoms with van der Waals surface area (Å²) in [7, 11) is 0. The molecule has 7 rings (SSSR count). The maximum atomic E-state index is 14.8. The van der Waals surface area contributed by atoms with E-state index in [0.717, 1.165) is 42.4 Å². The van der Waals surface area contributed by atoms with Crippen LogP contribution in [-0.4, -0.2) is 121 Å². The second kappa shape index (κ2) is 26.0. The number of oxime groups is 1. The molecule has 1 saturated carbocycles. The first kappa shape index (κ1) is 51.5. The number of ether oxygens (including phenoxy) is 7. The van der Waals surface area contributed by atoms with Gasteiger partial charge in [-0.2, -0.15) is 0 Å². The highest BCUT2D eigenvalue weighted by Gasteiger charge is 2.65. The number of hydrogen-bond acceptors (Lipinski definition) is 15. The number of aliphatic hydroxyl groups is 3. The standard InChI is InChI=1S/C52H67N3O14/c1-2-26-66-52-47(54(22-28-62-29-25-58)51(59)65-31-30-63-36-37-13-4-3-5-14-37)35-45(53-69-48-19-8-11-27-64-48)43-32-38(15-6-9-23-56)42(18-7-10-24-57)49(50(43)52)44-34-41(20-21-46(44)68-52)67-40-17-12-16-39(33-40)55(60)61/h2-5,12-14,16-17,20-21,32-34,38,42,47-50,56-58H,1,6-11,15,18-19,22-31,35-36H2. The van der Waals surface area contributed by atoms with E-state index in [1.807, 2.05) is 42.5 Å². The number of nitrogens with zero attached hydrogens (tertiary/aromatic N) is 3. The molecule has 0 radical (unpaired) electrons. The zero-order valence-electron chi connectivity index (χ0n) is 39.3. The van der Waals surface area contributed by atoms with Crippen molar-refractivity contribution in [2.75, 3.05) is 66.0 Å². The van der Waals surface area contributed by atoms with Crippen LogP contribution in [0, 0.1) is 27.9 Å². The third kappa shape index (κ3) is 13.1. The number of rotatable bonds is 27. The summed E-state index contributed by atoms with van der Waals surface area (Å²) in [5.74, 6) is -1.51. The Kier molecular flexibility index (Phi) is 19.4. The van der Waals surface area contributed by atoms with Crippen molar-refractivity contribution < 1.29 is 63.0 Å². The lowest BCUT2D eigenvalue weighted by Crippen LogP contribution is -2.70. The van der Waals surface area contributed by atoms with Gasteiger partial charge in [0.1, 0.15) is 29.9 Å². The van der Waals surface area contributed by atoms with Gasteiger partial charge in [-0.3, -0.25) is 15.0 Å². The summed E-state index contributed by atoms with van der Waals surface area (Å²) >= 11 is 0. The van der Waals surface area contributed by atoms with Crippen LogP contribution in [0.25, 0.3) is 0 Å². The van der Waals surface area contributed by atoms with Crippen molar-refractivity contribution in [3.63, 3.8) is 0 Å². The lowest BCUT2D eigenvalue weighted by molar-refractivity contribution is -0.384. The molecule has 3 aromatic carbocycles. The maximum Gasteiger partial charge on any atom is 0.410 e. The first-order chi connectivity index (χ1) is 33.8. The zero-order chi connectivity index (χ0) is 48.4. The van der Waals surface area contributed by atoms with Crippen molar-refractivity contribution in [2.24, 2.45) is 22.9 Å². The smallest absolute Gasteiger partial charge is 0.410 e. The average molecular weight is 958 g/mol. The van der Waals surface area contributed by atoms with E-state index in [-0.39, 0.29) is 95.0 Å². The van der Waals surface area contributed by atoms with Gasteiger partial charge in [0, 0.05) is 50.1 Å². The van der Waals surface area contributed by atoms with E-state index in [1.165, 1.54) is 12.1 Å². The third-order valence-electron chi connectivity index (χ3n) is 13.2. The fraction of sp³-hybridized carbons (Fsp3) is 0.538. The molecule has 7 atom stereocenters. The van der Waals surface area contributed by atoms with Crippen LogP contribution < -0.4 is 9.47 Å². The van der Waals surface area contributed by atoms with Crippen molar-refractivity contribution in [2.45, 2.75) is 94.9 Å². The summed E-state index contributed by atoms with van der Waals surface area (Å²) in [6.45, 7) is 5.02. The Hall–Kier alpha value is -5.40. The second-order valence-electron chi connectivity index (χ2n) is 17.7. The topological polar surface area (TPSA) is 210 Å². The van der Waals surface area contributed by atoms with Crippen LogP contribution in [0.3, 0.4) is 0 Å². The molecule has 17 nitrogen and oxygen atoms in total. The lowest BCUT2D eigenvalue weighted by atomic mass is 9.55. The molecule has 0 bridgehead atoms. The minimum Gasteiger partial charge on any atom is -0.459 e. The van der Waals surface area contributed by atoms with Crippen molar-refractivity contribution >= 4 is 17.5 Å². The fourth-order valence-corrected chi connectivity index (χ4v) is 10.2. The molecule has 3 aromatic rings. The van der Waals surface area contributed by atoms with Crippen molar-refractivity contribution in [1.82, 2.24) is 4.90 Å². The molecule has 0 spiro atoms. The van der Waals surface area contributed by atoms with Gasteiger partial charge >= 0.3 is 6.09 Å². The quantitative estimate of drug-likeness (QED) is 0.0285. The number of non-ortho nitro benzene ring substituents is 1. The summed E-state index contributed by atoms with van der Waals surface area (Å²) in [4.78, 5) is 33.8. The lowest BCUT2D eigenvalue weighted by Gasteiger charge is -2.59. The first-order valence-corrected chi connectivity index (χ1v) is 24.3. The third-order valence-corrected chi connectivity index (χ3v) is 13.2. The van der Waals surface area contributed by atoms with Crippen LogP contribution in [-0.2, 0) is 35.1 Å². The molecular formula is C52H67N3O14. The summed E-state index contributed by atoms with van der Waals surface area (Å²) in [6.07, 6.45) is 9.37. The van der Waals surface area contributed by atoms with Crippen molar-refractivity contribution in [3.8, 4) is 17.2 Å². The average Bonchev–Trinajstić information content (AvgIpc) is 3.37. The molecule has 374 valence electrons. The van der Waals surface area contributed by atoms with E-state index >= 15 is 0 Å². The number of allylic oxidation sites excluding steroid dienone is 1. The Balaban J connectivity index is 1.36. The molecule has 17 heteroatoms. The Bertz CT molecular complexity index is 2180. The summed E-state index contributed by atoms with van der Waals surface area (Å²) in [6, 6.07) is 20.3. The molecule has 3 N–H and O–H groups in total. The highest BCUT2D eigenvalue weighted by Crippen LogP contribution is 2.62. The number of benzene rings is 3. The molecule has 0 aromatic heterocycles. The number of amides is 1. The van der Waals surface area contributed by atoms with Gasteiger partial charge in [-0.1, -0.05) is 66.5 Å². The van der Waals surface area contributed by atoms with Gasteiger partial charge in [0.2, 0.25) is 12.1 Å². The van der Waals surface area contributed by atoms with Gasteiger partial charge in [-0.15, -0.1) is 6.58 Å². The summed E-state index contributed by atoms with van der Waals surface area (Å²) in [5, 5.41) is 46.3. The minimum atomic E-state index is -1.59. The molecule has 69 heavy (non-hydrogen) atoms. The number of nitro groups is 1. The summed E-state index contributed by atoms with van der Waals surface area (Å²) < 4.78 is 44.4. The van der Waals surface area contributed by atoms with Gasteiger partial charge in [0.05, 0.1) is 68.9 Å². The molecule has 2 aliphatic carbocycles.